The van der Waals surface area contributed by atoms with Gasteiger partial charge < -0.3 is 10.1 Å². The average Bonchev–Trinajstić information content (AvgIpc) is 2.77. The molecule has 0 aliphatic heterocycles. The normalized spacial score (nSPS) is 10.3. The molecule has 5 heteroatoms. The molecule has 90 valence electrons. The standard InChI is InChI=1S/C12H13FN2OS/c1-14-12-15-10(7-17-12)6-8-5-9(13)3-4-11(8)16-2/h3-5,7H,6H2,1-2H3,(H,14,15). The fraction of sp³-hybridized carbons (Fsp3) is 0.250. The number of hydrogen-bond acceptors (Lipinski definition) is 4. The van der Waals surface area contributed by atoms with E-state index in [1.165, 1.54) is 23.5 Å². The largest absolute Gasteiger partial charge is 0.496 e. The van der Waals surface area contributed by atoms with Crippen LogP contribution in [0.4, 0.5) is 9.52 Å². The van der Waals surface area contributed by atoms with Crippen LogP contribution in [-0.4, -0.2) is 19.1 Å². The number of anilines is 1. The van der Waals surface area contributed by atoms with Crippen LogP contribution in [-0.2, 0) is 6.42 Å². The molecule has 17 heavy (non-hydrogen) atoms. The van der Waals surface area contributed by atoms with Crippen LogP contribution >= 0.6 is 11.3 Å². The zero-order chi connectivity index (χ0) is 12.3. The Morgan fingerprint density at radius 3 is 2.94 bits per heavy atom. The maximum absolute atomic E-state index is 13.2. The van der Waals surface area contributed by atoms with Gasteiger partial charge in [-0.1, -0.05) is 0 Å². The SMILES string of the molecule is CNc1nc(Cc2cc(F)ccc2OC)cs1. The minimum Gasteiger partial charge on any atom is -0.496 e. The maximum atomic E-state index is 13.2. The summed E-state index contributed by atoms with van der Waals surface area (Å²) in [6, 6.07) is 4.51. The molecule has 0 saturated heterocycles. The summed E-state index contributed by atoms with van der Waals surface area (Å²) in [6.45, 7) is 0. The van der Waals surface area contributed by atoms with Crippen LogP contribution in [0, 0.1) is 5.82 Å². The van der Waals surface area contributed by atoms with Crippen molar-refractivity contribution in [3.63, 3.8) is 0 Å². The summed E-state index contributed by atoms with van der Waals surface area (Å²) in [5.41, 5.74) is 1.71. The zero-order valence-corrected chi connectivity index (χ0v) is 10.5. The van der Waals surface area contributed by atoms with Crippen molar-refractivity contribution in [3.05, 3.63) is 40.7 Å². The van der Waals surface area contributed by atoms with Crippen LogP contribution in [0.25, 0.3) is 0 Å². The van der Waals surface area contributed by atoms with Crippen molar-refractivity contribution in [3.8, 4) is 5.75 Å². The van der Waals surface area contributed by atoms with Crippen LogP contribution in [0.5, 0.6) is 5.75 Å². The molecular formula is C12H13FN2OS. The number of methoxy groups -OCH3 is 1. The van der Waals surface area contributed by atoms with Gasteiger partial charge in [0.1, 0.15) is 11.6 Å². The van der Waals surface area contributed by atoms with Crippen molar-refractivity contribution >= 4 is 16.5 Å². The highest BCUT2D eigenvalue weighted by atomic mass is 32.1. The number of aromatic nitrogens is 1. The molecule has 1 aromatic heterocycles. The van der Waals surface area contributed by atoms with E-state index in [4.69, 9.17) is 4.74 Å². The van der Waals surface area contributed by atoms with Gasteiger partial charge >= 0.3 is 0 Å². The van der Waals surface area contributed by atoms with Crippen molar-refractivity contribution in [2.75, 3.05) is 19.5 Å². The van der Waals surface area contributed by atoms with E-state index >= 15 is 0 Å². The first-order valence-electron chi connectivity index (χ1n) is 5.17. The molecule has 1 aromatic carbocycles. The van der Waals surface area contributed by atoms with Crippen molar-refractivity contribution in [2.24, 2.45) is 0 Å². The van der Waals surface area contributed by atoms with Gasteiger partial charge in [-0.3, -0.25) is 0 Å². The van der Waals surface area contributed by atoms with E-state index in [1.54, 1.807) is 13.2 Å². The van der Waals surface area contributed by atoms with Crippen LogP contribution in [0.15, 0.2) is 23.6 Å². The third-order valence-electron chi connectivity index (χ3n) is 2.38. The second kappa shape index (κ2) is 5.14. The quantitative estimate of drug-likeness (QED) is 0.908. The highest BCUT2D eigenvalue weighted by molar-refractivity contribution is 7.13. The van der Waals surface area contributed by atoms with Gasteiger partial charge in [0.15, 0.2) is 5.13 Å². The maximum Gasteiger partial charge on any atom is 0.182 e. The predicted octanol–water partition coefficient (Wildman–Crippen LogP) is 2.92. The first-order chi connectivity index (χ1) is 8.22. The molecule has 0 atom stereocenters. The fourth-order valence-electron chi connectivity index (χ4n) is 1.58. The van der Waals surface area contributed by atoms with Gasteiger partial charge in [-0.2, -0.15) is 0 Å². The Morgan fingerprint density at radius 1 is 1.47 bits per heavy atom. The highest BCUT2D eigenvalue weighted by Crippen LogP contribution is 2.24. The van der Waals surface area contributed by atoms with Crippen molar-refractivity contribution < 1.29 is 9.13 Å². The minimum absolute atomic E-state index is 0.259. The lowest BCUT2D eigenvalue weighted by Crippen LogP contribution is -1.95. The molecule has 0 radical (unpaired) electrons. The molecule has 2 rings (SSSR count). The smallest absolute Gasteiger partial charge is 0.182 e. The summed E-state index contributed by atoms with van der Waals surface area (Å²) in [6.07, 6.45) is 0.569. The van der Waals surface area contributed by atoms with Gasteiger partial charge in [0.25, 0.3) is 0 Å². The number of hydrogen-bond donors (Lipinski definition) is 1. The van der Waals surface area contributed by atoms with Crippen LogP contribution < -0.4 is 10.1 Å². The summed E-state index contributed by atoms with van der Waals surface area (Å²) >= 11 is 1.53. The van der Waals surface area contributed by atoms with Crippen molar-refractivity contribution in [2.45, 2.75) is 6.42 Å². The number of halogens is 1. The first kappa shape index (κ1) is 11.9. The number of thiazole rings is 1. The molecular weight excluding hydrogens is 239 g/mol. The monoisotopic (exact) mass is 252 g/mol. The molecule has 2 aromatic rings. The lowest BCUT2D eigenvalue weighted by Gasteiger charge is -2.06. The molecule has 0 aliphatic carbocycles. The lowest BCUT2D eigenvalue weighted by atomic mass is 10.1. The number of rotatable bonds is 4. The number of nitrogens with zero attached hydrogens (tertiary/aromatic N) is 1. The summed E-state index contributed by atoms with van der Waals surface area (Å²) in [4.78, 5) is 4.36. The number of nitrogens with one attached hydrogen (secondary N) is 1. The molecule has 3 nitrogen and oxygen atoms in total. The van der Waals surface area contributed by atoms with Crippen LogP contribution in [0.3, 0.4) is 0 Å². The van der Waals surface area contributed by atoms with E-state index in [-0.39, 0.29) is 5.82 Å². The van der Waals surface area contributed by atoms with Gasteiger partial charge in [0.05, 0.1) is 12.8 Å². The third-order valence-corrected chi connectivity index (χ3v) is 3.29. The predicted molar refractivity (Wildman–Crippen MR) is 67.4 cm³/mol. The van der Waals surface area contributed by atoms with E-state index in [0.29, 0.717) is 12.2 Å². The number of benzene rings is 1. The molecule has 0 fully saturated rings. The Balaban J connectivity index is 2.25. The van der Waals surface area contributed by atoms with Gasteiger partial charge in [-0.25, -0.2) is 9.37 Å². The Morgan fingerprint density at radius 2 is 2.29 bits per heavy atom. The minimum atomic E-state index is -0.259. The van der Waals surface area contributed by atoms with Crippen LogP contribution in [0.1, 0.15) is 11.3 Å². The molecule has 0 unspecified atom stereocenters. The molecule has 1 N–H and O–H groups in total. The van der Waals surface area contributed by atoms with E-state index in [1.807, 2.05) is 12.4 Å². The zero-order valence-electron chi connectivity index (χ0n) is 9.66. The summed E-state index contributed by atoms with van der Waals surface area (Å²) < 4.78 is 18.4. The lowest BCUT2D eigenvalue weighted by molar-refractivity contribution is 0.409. The summed E-state index contributed by atoms with van der Waals surface area (Å²) in [5, 5.41) is 5.79. The Labute approximate surface area is 103 Å². The van der Waals surface area contributed by atoms with E-state index in [9.17, 15) is 4.39 Å². The summed E-state index contributed by atoms with van der Waals surface area (Å²) in [5.74, 6) is 0.426. The fourth-order valence-corrected chi connectivity index (χ4v) is 2.25. The molecule has 0 bridgehead atoms. The second-order valence-corrected chi connectivity index (χ2v) is 4.39. The van der Waals surface area contributed by atoms with Gasteiger partial charge in [0, 0.05) is 24.4 Å². The molecule has 1 heterocycles. The second-order valence-electron chi connectivity index (χ2n) is 3.53. The average molecular weight is 252 g/mol. The molecule has 0 amide bonds. The molecule has 0 spiro atoms. The van der Waals surface area contributed by atoms with Crippen molar-refractivity contribution in [1.29, 1.82) is 0 Å². The number of ether oxygens (including phenoxy) is 1. The van der Waals surface area contributed by atoms with E-state index in [0.717, 1.165) is 16.4 Å². The van der Waals surface area contributed by atoms with E-state index in [2.05, 4.69) is 10.3 Å². The van der Waals surface area contributed by atoms with Gasteiger partial charge in [-0.15, -0.1) is 11.3 Å². The summed E-state index contributed by atoms with van der Waals surface area (Å²) in [7, 11) is 3.40. The topological polar surface area (TPSA) is 34.2 Å². The Bertz CT molecular complexity index is 513. The molecule has 0 saturated carbocycles. The Kier molecular flexibility index (Phi) is 3.58. The Hall–Kier alpha value is -1.62. The van der Waals surface area contributed by atoms with Gasteiger partial charge in [0.2, 0.25) is 0 Å². The molecule has 0 aliphatic rings. The van der Waals surface area contributed by atoms with Crippen LogP contribution in [0.2, 0.25) is 0 Å². The van der Waals surface area contributed by atoms with Gasteiger partial charge in [-0.05, 0) is 18.2 Å². The van der Waals surface area contributed by atoms with Crippen molar-refractivity contribution in [1.82, 2.24) is 4.98 Å². The highest BCUT2D eigenvalue weighted by Gasteiger charge is 2.08. The third kappa shape index (κ3) is 2.74. The van der Waals surface area contributed by atoms with E-state index < -0.39 is 0 Å². The first-order valence-corrected chi connectivity index (χ1v) is 6.05.